The Bertz CT molecular complexity index is 1430. The molecule has 0 radical (unpaired) electrons. The van der Waals surface area contributed by atoms with Crippen molar-refractivity contribution in [3.05, 3.63) is 132 Å². The number of pyridine rings is 1. The van der Waals surface area contributed by atoms with Crippen LogP contribution in [0.5, 0.6) is 5.75 Å². The summed E-state index contributed by atoms with van der Waals surface area (Å²) in [7, 11) is 1.64. The second kappa shape index (κ2) is 10.2. The number of methoxy groups -OCH3 is 1. The second-order valence-corrected chi connectivity index (χ2v) is 8.43. The van der Waals surface area contributed by atoms with Crippen LogP contribution in [0, 0.1) is 0 Å². The number of benzene rings is 4. The monoisotopic (exact) mass is 458 g/mol. The number of para-hydroxylation sites is 1. The number of carbonyl (C=O) groups excluding carboxylic acids is 1. The molecule has 1 unspecified atom stereocenters. The first-order chi connectivity index (χ1) is 17.2. The molecule has 5 aromatic rings. The van der Waals surface area contributed by atoms with E-state index in [-0.39, 0.29) is 11.9 Å². The SMILES string of the molecule is COc1ccc(-c2cc(C(=O)NC(Cc3ccccc3)c3ccccc3)c3ccccc3n2)cc1. The highest BCUT2D eigenvalue weighted by molar-refractivity contribution is 6.07. The molecule has 1 N–H and O–H groups in total. The molecule has 5 rings (SSSR count). The first kappa shape index (κ1) is 22.4. The Kier molecular flexibility index (Phi) is 6.53. The topological polar surface area (TPSA) is 51.2 Å². The molecule has 1 heterocycles. The standard InChI is InChI=1S/C31H26N2O2/c1-35-25-18-16-24(17-19-25)30-21-27(26-14-8-9-15-28(26)32-30)31(34)33-29(23-12-6-3-7-13-23)20-22-10-4-2-5-11-22/h2-19,21,29H,20H2,1H3,(H,33,34). The van der Waals surface area contributed by atoms with Crippen molar-refractivity contribution in [2.45, 2.75) is 12.5 Å². The van der Waals surface area contributed by atoms with Crippen LogP contribution in [-0.2, 0) is 6.42 Å². The maximum atomic E-state index is 13.8. The quantitative estimate of drug-likeness (QED) is 0.298. The summed E-state index contributed by atoms with van der Waals surface area (Å²) in [5.41, 5.74) is 5.30. The highest BCUT2D eigenvalue weighted by Gasteiger charge is 2.19. The molecule has 0 spiro atoms. The zero-order valence-electron chi connectivity index (χ0n) is 19.5. The molecule has 4 heteroatoms. The Morgan fingerprint density at radius 3 is 2.20 bits per heavy atom. The zero-order chi connectivity index (χ0) is 24.0. The Labute approximate surface area is 205 Å². The number of ether oxygens (including phenoxy) is 1. The number of rotatable bonds is 7. The molecule has 1 atom stereocenters. The maximum Gasteiger partial charge on any atom is 0.252 e. The molecule has 4 aromatic carbocycles. The Balaban J connectivity index is 1.53. The number of aromatic nitrogens is 1. The molecular formula is C31H26N2O2. The normalized spacial score (nSPS) is 11.7. The highest BCUT2D eigenvalue weighted by atomic mass is 16.5. The Hall–Kier alpha value is -4.44. The number of carbonyl (C=O) groups is 1. The van der Waals surface area contributed by atoms with E-state index in [9.17, 15) is 4.79 Å². The lowest BCUT2D eigenvalue weighted by molar-refractivity contribution is 0.0938. The summed E-state index contributed by atoms with van der Waals surface area (Å²) in [5, 5.41) is 4.13. The van der Waals surface area contributed by atoms with Gasteiger partial charge in [-0.15, -0.1) is 0 Å². The van der Waals surface area contributed by atoms with E-state index in [0.29, 0.717) is 12.0 Å². The molecule has 35 heavy (non-hydrogen) atoms. The molecule has 1 aromatic heterocycles. The van der Waals surface area contributed by atoms with Crippen LogP contribution in [0.1, 0.15) is 27.5 Å². The van der Waals surface area contributed by atoms with E-state index in [1.165, 1.54) is 5.56 Å². The van der Waals surface area contributed by atoms with E-state index in [2.05, 4.69) is 29.6 Å². The third-order valence-corrected chi connectivity index (χ3v) is 6.14. The van der Waals surface area contributed by atoms with Crippen LogP contribution in [0.3, 0.4) is 0 Å². The average Bonchev–Trinajstić information content (AvgIpc) is 2.93. The van der Waals surface area contributed by atoms with Gasteiger partial charge in [0.05, 0.1) is 29.9 Å². The van der Waals surface area contributed by atoms with E-state index in [0.717, 1.165) is 33.5 Å². The largest absolute Gasteiger partial charge is 0.497 e. The molecule has 0 aliphatic rings. The minimum Gasteiger partial charge on any atom is -0.497 e. The number of hydrogen-bond donors (Lipinski definition) is 1. The van der Waals surface area contributed by atoms with Crippen molar-refractivity contribution in [1.29, 1.82) is 0 Å². The summed E-state index contributed by atoms with van der Waals surface area (Å²) in [6, 6.07) is 37.5. The van der Waals surface area contributed by atoms with Crippen molar-refractivity contribution in [3.8, 4) is 17.0 Å². The minimum atomic E-state index is -0.164. The van der Waals surface area contributed by atoms with Gasteiger partial charge < -0.3 is 10.1 Å². The molecule has 0 bridgehead atoms. The number of amides is 1. The van der Waals surface area contributed by atoms with Crippen LogP contribution in [0.4, 0.5) is 0 Å². The van der Waals surface area contributed by atoms with Gasteiger partial charge in [0.15, 0.2) is 0 Å². The second-order valence-electron chi connectivity index (χ2n) is 8.43. The van der Waals surface area contributed by atoms with Gasteiger partial charge in [-0.05, 0) is 53.9 Å². The fraction of sp³-hybridized carbons (Fsp3) is 0.0968. The van der Waals surface area contributed by atoms with Gasteiger partial charge >= 0.3 is 0 Å². The number of fused-ring (bicyclic) bond motifs is 1. The molecular weight excluding hydrogens is 432 g/mol. The van der Waals surface area contributed by atoms with Crippen LogP contribution < -0.4 is 10.1 Å². The van der Waals surface area contributed by atoms with Gasteiger partial charge in [-0.25, -0.2) is 4.98 Å². The highest BCUT2D eigenvalue weighted by Crippen LogP contribution is 2.27. The molecule has 0 aliphatic heterocycles. The van der Waals surface area contributed by atoms with E-state index in [1.54, 1.807) is 7.11 Å². The predicted octanol–water partition coefficient (Wildman–Crippen LogP) is 6.62. The van der Waals surface area contributed by atoms with Crippen LogP contribution in [0.2, 0.25) is 0 Å². The van der Waals surface area contributed by atoms with E-state index < -0.39 is 0 Å². The molecule has 0 saturated carbocycles. The zero-order valence-corrected chi connectivity index (χ0v) is 19.5. The van der Waals surface area contributed by atoms with Gasteiger partial charge in [0.25, 0.3) is 5.91 Å². The molecule has 0 aliphatic carbocycles. The Morgan fingerprint density at radius 1 is 0.829 bits per heavy atom. The van der Waals surface area contributed by atoms with E-state index in [1.807, 2.05) is 91.0 Å². The van der Waals surface area contributed by atoms with Crippen LogP contribution in [0.15, 0.2) is 115 Å². The van der Waals surface area contributed by atoms with Crippen molar-refractivity contribution in [2.75, 3.05) is 7.11 Å². The molecule has 0 saturated heterocycles. The third-order valence-electron chi connectivity index (χ3n) is 6.14. The van der Waals surface area contributed by atoms with Gasteiger partial charge in [-0.1, -0.05) is 78.9 Å². The predicted molar refractivity (Wildman–Crippen MR) is 141 cm³/mol. The van der Waals surface area contributed by atoms with Gasteiger partial charge in [0.1, 0.15) is 5.75 Å². The number of nitrogens with one attached hydrogen (secondary N) is 1. The molecule has 1 amide bonds. The summed E-state index contributed by atoms with van der Waals surface area (Å²) >= 11 is 0. The maximum absolute atomic E-state index is 13.8. The van der Waals surface area contributed by atoms with Gasteiger partial charge in [0.2, 0.25) is 0 Å². The van der Waals surface area contributed by atoms with E-state index >= 15 is 0 Å². The molecule has 0 fully saturated rings. The summed E-state index contributed by atoms with van der Waals surface area (Å²) in [5.74, 6) is 0.655. The lowest BCUT2D eigenvalue weighted by atomic mass is 9.97. The van der Waals surface area contributed by atoms with Gasteiger partial charge in [0, 0.05) is 10.9 Å². The summed E-state index contributed by atoms with van der Waals surface area (Å²) in [6.07, 6.45) is 0.699. The third kappa shape index (κ3) is 5.07. The van der Waals surface area contributed by atoms with Crippen molar-refractivity contribution in [2.24, 2.45) is 0 Å². The molecule has 172 valence electrons. The van der Waals surface area contributed by atoms with Crippen molar-refractivity contribution in [1.82, 2.24) is 10.3 Å². The van der Waals surface area contributed by atoms with Crippen LogP contribution >= 0.6 is 0 Å². The lowest BCUT2D eigenvalue weighted by Crippen LogP contribution is -2.30. The summed E-state index contributed by atoms with van der Waals surface area (Å²) < 4.78 is 5.29. The Morgan fingerprint density at radius 2 is 1.49 bits per heavy atom. The average molecular weight is 459 g/mol. The lowest BCUT2D eigenvalue weighted by Gasteiger charge is -2.20. The van der Waals surface area contributed by atoms with Crippen molar-refractivity contribution >= 4 is 16.8 Å². The van der Waals surface area contributed by atoms with Gasteiger partial charge in [-0.3, -0.25) is 4.79 Å². The van der Waals surface area contributed by atoms with Crippen LogP contribution in [-0.4, -0.2) is 18.0 Å². The summed E-state index contributed by atoms with van der Waals surface area (Å²) in [4.78, 5) is 18.6. The number of nitrogens with zero attached hydrogens (tertiary/aromatic N) is 1. The van der Waals surface area contributed by atoms with E-state index in [4.69, 9.17) is 9.72 Å². The first-order valence-electron chi connectivity index (χ1n) is 11.7. The first-order valence-corrected chi connectivity index (χ1v) is 11.7. The van der Waals surface area contributed by atoms with Crippen molar-refractivity contribution in [3.63, 3.8) is 0 Å². The fourth-order valence-corrected chi connectivity index (χ4v) is 4.30. The van der Waals surface area contributed by atoms with Crippen molar-refractivity contribution < 1.29 is 9.53 Å². The number of hydrogen-bond acceptors (Lipinski definition) is 3. The van der Waals surface area contributed by atoms with Gasteiger partial charge in [-0.2, -0.15) is 0 Å². The van der Waals surface area contributed by atoms with Crippen LogP contribution in [0.25, 0.3) is 22.2 Å². The summed E-state index contributed by atoms with van der Waals surface area (Å²) in [6.45, 7) is 0. The molecule has 4 nitrogen and oxygen atoms in total. The smallest absolute Gasteiger partial charge is 0.252 e. The fourth-order valence-electron chi connectivity index (χ4n) is 4.30. The minimum absolute atomic E-state index is 0.122.